The zero-order valence-corrected chi connectivity index (χ0v) is 11.9. The molecule has 1 aromatic carbocycles. The molecule has 5 heteroatoms. The fraction of sp³-hybridized carbons (Fsp3) is 0.533. The Morgan fingerprint density at radius 3 is 2.75 bits per heavy atom. The average Bonchev–Trinajstić information content (AvgIpc) is 2.41. The van der Waals surface area contributed by atoms with Gasteiger partial charge in [0.25, 0.3) is 0 Å². The highest BCUT2D eigenvalue weighted by Gasteiger charge is 2.38. The standard InChI is InChI=1S/C15H22N2O3/c1-19-15(7-4-8-15)11-14(18)17-9-10-20-13-6-3-2-5-12(13)16/h2-3,5-6H,4,7-11,16H2,1H3,(H,17,18). The largest absolute Gasteiger partial charge is 0.490 e. The highest BCUT2D eigenvalue weighted by Crippen LogP contribution is 2.37. The Hall–Kier alpha value is -1.75. The van der Waals surface area contributed by atoms with Crippen LogP contribution in [-0.2, 0) is 9.53 Å². The van der Waals surface area contributed by atoms with E-state index in [0.29, 0.717) is 31.0 Å². The summed E-state index contributed by atoms with van der Waals surface area (Å²) in [5.74, 6) is 0.658. The summed E-state index contributed by atoms with van der Waals surface area (Å²) in [5, 5.41) is 2.85. The molecular weight excluding hydrogens is 256 g/mol. The minimum absolute atomic E-state index is 0.0104. The third kappa shape index (κ3) is 3.63. The minimum Gasteiger partial charge on any atom is -0.490 e. The topological polar surface area (TPSA) is 73.6 Å². The fourth-order valence-corrected chi connectivity index (χ4v) is 2.34. The summed E-state index contributed by atoms with van der Waals surface area (Å²) < 4.78 is 10.9. The maximum atomic E-state index is 11.8. The van der Waals surface area contributed by atoms with Crippen molar-refractivity contribution in [1.82, 2.24) is 5.32 Å². The Bertz CT molecular complexity index is 453. The smallest absolute Gasteiger partial charge is 0.223 e. The molecule has 110 valence electrons. The SMILES string of the molecule is COC1(CC(=O)NCCOc2ccccc2N)CCC1. The van der Waals surface area contributed by atoms with Gasteiger partial charge in [0.2, 0.25) is 5.91 Å². The van der Waals surface area contributed by atoms with Gasteiger partial charge in [-0.2, -0.15) is 0 Å². The molecule has 0 aromatic heterocycles. The minimum atomic E-state index is -0.227. The lowest BCUT2D eigenvalue weighted by molar-refractivity contribution is -0.134. The lowest BCUT2D eigenvalue weighted by atomic mass is 9.77. The number of methoxy groups -OCH3 is 1. The molecule has 0 radical (unpaired) electrons. The van der Waals surface area contributed by atoms with Gasteiger partial charge in [0.05, 0.1) is 24.3 Å². The van der Waals surface area contributed by atoms with Crippen LogP contribution in [0.2, 0.25) is 0 Å². The number of nitrogens with two attached hydrogens (primary N) is 1. The number of ether oxygens (including phenoxy) is 2. The maximum absolute atomic E-state index is 11.8. The summed E-state index contributed by atoms with van der Waals surface area (Å²) in [6, 6.07) is 7.31. The molecule has 20 heavy (non-hydrogen) atoms. The number of rotatable bonds is 7. The predicted octanol–water partition coefficient (Wildman–Crippen LogP) is 1.72. The van der Waals surface area contributed by atoms with E-state index in [1.165, 1.54) is 0 Å². The number of nitrogens with one attached hydrogen (secondary N) is 1. The van der Waals surface area contributed by atoms with Gasteiger partial charge in [-0.15, -0.1) is 0 Å². The van der Waals surface area contributed by atoms with Gasteiger partial charge in [-0.25, -0.2) is 0 Å². The van der Waals surface area contributed by atoms with E-state index in [2.05, 4.69) is 5.32 Å². The van der Waals surface area contributed by atoms with Crippen molar-refractivity contribution in [3.05, 3.63) is 24.3 Å². The molecule has 0 heterocycles. The van der Waals surface area contributed by atoms with Gasteiger partial charge >= 0.3 is 0 Å². The van der Waals surface area contributed by atoms with Gasteiger partial charge in [0.1, 0.15) is 12.4 Å². The molecule has 0 bridgehead atoms. The van der Waals surface area contributed by atoms with Crippen LogP contribution in [0.5, 0.6) is 5.75 Å². The van der Waals surface area contributed by atoms with Crippen molar-refractivity contribution < 1.29 is 14.3 Å². The van der Waals surface area contributed by atoms with Gasteiger partial charge in [-0.05, 0) is 31.4 Å². The van der Waals surface area contributed by atoms with Crippen molar-refractivity contribution >= 4 is 11.6 Å². The zero-order valence-electron chi connectivity index (χ0n) is 11.9. The van der Waals surface area contributed by atoms with E-state index < -0.39 is 0 Å². The van der Waals surface area contributed by atoms with Crippen LogP contribution in [0.3, 0.4) is 0 Å². The van der Waals surface area contributed by atoms with Crippen LogP contribution in [0, 0.1) is 0 Å². The van der Waals surface area contributed by atoms with Crippen LogP contribution in [-0.4, -0.2) is 31.8 Å². The van der Waals surface area contributed by atoms with Crippen molar-refractivity contribution in [3.63, 3.8) is 0 Å². The van der Waals surface area contributed by atoms with Gasteiger partial charge in [0.15, 0.2) is 0 Å². The third-order valence-electron chi connectivity index (χ3n) is 3.78. The summed E-state index contributed by atoms with van der Waals surface area (Å²) in [6.45, 7) is 0.868. The molecule has 0 saturated heterocycles. The maximum Gasteiger partial charge on any atom is 0.223 e. The first-order valence-electron chi connectivity index (χ1n) is 6.94. The molecule has 2 rings (SSSR count). The average molecular weight is 278 g/mol. The third-order valence-corrected chi connectivity index (χ3v) is 3.78. The highest BCUT2D eigenvalue weighted by atomic mass is 16.5. The molecule has 1 aromatic rings. The van der Waals surface area contributed by atoms with E-state index in [1.807, 2.05) is 18.2 Å². The van der Waals surface area contributed by atoms with E-state index in [1.54, 1.807) is 13.2 Å². The molecule has 0 unspecified atom stereocenters. The van der Waals surface area contributed by atoms with E-state index in [0.717, 1.165) is 19.3 Å². The van der Waals surface area contributed by atoms with Crippen LogP contribution < -0.4 is 15.8 Å². The lowest BCUT2D eigenvalue weighted by Crippen LogP contribution is -2.44. The number of para-hydroxylation sites is 2. The van der Waals surface area contributed by atoms with Crippen molar-refractivity contribution in [2.24, 2.45) is 0 Å². The first-order valence-corrected chi connectivity index (χ1v) is 6.94. The number of amides is 1. The summed E-state index contributed by atoms with van der Waals surface area (Å²) in [4.78, 5) is 11.8. The highest BCUT2D eigenvalue weighted by molar-refractivity contribution is 5.77. The van der Waals surface area contributed by atoms with Gasteiger partial charge < -0.3 is 20.5 Å². The van der Waals surface area contributed by atoms with Gasteiger partial charge in [-0.1, -0.05) is 12.1 Å². The van der Waals surface area contributed by atoms with Crippen LogP contribution in [0.25, 0.3) is 0 Å². The molecule has 3 N–H and O–H groups in total. The van der Waals surface area contributed by atoms with Gasteiger partial charge in [0, 0.05) is 7.11 Å². The molecule has 0 atom stereocenters. The molecule has 0 spiro atoms. The van der Waals surface area contributed by atoms with E-state index in [9.17, 15) is 4.79 Å². The molecule has 1 aliphatic carbocycles. The zero-order chi connectivity index (χ0) is 14.4. The van der Waals surface area contributed by atoms with Crippen LogP contribution in [0.1, 0.15) is 25.7 Å². The van der Waals surface area contributed by atoms with Crippen molar-refractivity contribution in [2.75, 3.05) is 26.0 Å². The number of benzene rings is 1. The number of carbonyl (C=O) groups is 1. The monoisotopic (exact) mass is 278 g/mol. The molecule has 1 fully saturated rings. The molecule has 1 amide bonds. The lowest BCUT2D eigenvalue weighted by Gasteiger charge is -2.39. The predicted molar refractivity (Wildman–Crippen MR) is 77.6 cm³/mol. The van der Waals surface area contributed by atoms with Crippen molar-refractivity contribution in [3.8, 4) is 5.75 Å². The summed E-state index contributed by atoms with van der Waals surface area (Å²) in [7, 11) is 1.67. The molecular formula is C15H22N2O3. The first kappa shape index (κ1) is 14.7. The number of carbonyl (C=O) groups excluding carboxylic acids is 1. The van der Waals surface area contributed by atoms with Crippen LogP contribution in [0.4, 0.5) is 5.69 Å². The fourth-order valence-electron chi connectivity index (χ4n) is 2.34. The van der Waals surface area contributed by atoms with Gasteiger partial charge in [-0.3, -0.25) is 4.79 Å². The second kappa shape index (κ2) is 6.61. The van der Waals surface area contributed by atoms with Crippen molar-refractivity contribution in [2.45, 2.75) is 31.3 Å². The number of nitrogen functional groups attached to an aromatic ring is 1. The van der Waals surface area contributed by atoms with E-state index in [-0.39, 0.29) is 11.5 Å². The first-order chi connectivity index (χ1) is 9.65. The van der Waals surface area contributed by atoms with E-state index in [4.69, 9.17) is 15.2 Å². The Morgan fingerprint density at radius 2 is 2.15 bits per heavy atom. The van der Waals surface area contributed by atoms with Crippen LogP contribution >= 0.6 is 0 Å². The second-order valence-electron chi connectivity index (χ2n) is 5.15. The molecule has 1 aliphatic rings. The second-order valence-corrected chi connectivity index (χ2v) is 5.15. The van der Waals surface area contributed by atoms with Crippen molar-refractivity contribution in [1.29, 1.82) is 0 Å². The quantitative estimate of drug-likeness (QED) is 0.588. The number of hydrogen-bond donors (Lipinski definition) is 2. The molecule has 5 nitrogen and oxygen atoms in total. The number of anilines is 1. The van der Waals surface area contributed by atoms with E-state index >= 15 is 0 Å². The molecule has 0 aliphatic heterocycles. The molecule has 1 saturated carbocycles. The Balaban J connectivity index is 1.66. The normalized spacial score (nSPS) is 16.2. The number of hydrogen-bond acceptors (Lipinski definition) is 4. The Morgan fingerprint density at radius 1 is 1.40 bits per heavy atom. The Kier molecular flexibility index (Phi) is 4.84. The summed E-state index contributed by atoms with van der Waals surface area (Å²) in [5.41, 5.74) is 6.14. The Labute approximate surface area is 119 Å². The summed E-state index contributed by atoms with van der Waals surface area (Å²) in [6.07, 6.45) is 3.50. The van der Waals surface area contributed by atoms with Crippen LogP contribution in [0.15, 0.2) is 24.3 Å². The summed E-state index contributed by atoms with van der Waals surface area (Å²) >= 11 is 0.